The number of esters is 1. The van der Waals surface area contributed by atoms with Gasteiger partial charge in [-0.05, 0) is 6.92 Å². The topological polar surface area (TPSA) is 311 Å². The number of anilines is 1. The average molecular weight is 687 g/mol. The number of hydrogen-bond acceptors (Lipinski definition) is 15. The van der Waals surface area contributed by atoms with E-state index in [1.165, 1.54) is 17.1 Å². The van der Waals surface area contributed by atoms with E-state index in [4.69, 9.17) is 25.1 Å². The number of hydroxylamine groups is 1. The molecule has 1 aliphatic rings. The average Bonchev–Trinajstić information content (AvgIpc) is 3.44. The van der Waals surface area contributed by atoms with E-state index in [9.17, 15) is 38.2 Å². The number of rotatable bonds is 14. The van der Waals surface area contributed by atoms with Gasteiger partial charge in [0.15, 0.2) is 6.61 Å². The highest BCUT2D eigenvalue weighted by Crippen LogP contribution is 2.66. The second kappa shape index (κ2) is 15.0. The molecule has 1 fully saturated rings. The molecule has 8 N–H and O–H groups in total. The molecule has 0 radical (unpaired) electrons. The summed E-state index contributed by atoms with van der Waals surface area (Å²) < 4.78 is 58.0. The minimum Gasteiger partial charge on any atom is -0.464 e. The summed E-state index contributed by atoms with van der Waals surface area (Å²) in [6, 6.07) is 0. The van der Waals surface area contributed by atoms with E-state index >= 15 is 0 Å². The van der Waals surface area contributed by atoms with Crippen molar-refractivity contribution in [2.45, 2.75) is 44.6 Å². The van der Waals surface area contributed by atoms with E-state index in [-0.39, 0.29) is 37.3 Å². The highest BCUT2D eigenvalue weighted by atomic mass is 31.3. The lowest BCUT2D eigenvalue weighted by molar-refractivity contribution is -0.154. The Kier molecular flexibility index (Phi) is 12.2. The molecule has 0 saturated carbocycles. The summed E-state index contributed by atoms with van der Waals surface area (Å²) in [7, 11) is -16.7. The molecular formula is C20H28N5O16P3. The summed E-state index contributed by atoms with van der Waals surface area (Å²) in [6.07, 6.45) is -0.974. The molecular weight excluding hydrogens is 659 g/mol. The van der Waals surface area contributed by atoms with Gasteiger partial charge in [0.05, 0.1) is 30.3 Å². The molecule has 5 unspecified atom stereocenters. The first-order valence-electron chi connectivity index (χ1n) is 12.3. The molecule has 1 aliphatic heterocycles. The summed E-state index contributed by atoms with van der Waals surface area (Å²) in [5.41, 5.74) is 8.70. The van der Waals surface area contributed by atoms with Crippen LogP contribution in [0.2, 0.25) is 0 Å². The van der Waals surface area contributed by atoms with Gasteiger partial charge in [-0.2, -0.15) is 8.62 Å². The molecule has 5 atom stereocenters. The summed E-state index contributed by atoms with van der Waals surface area (Å²) in [5, 5.41) is 10.8. The molecule has 1 saturated heterocycles. The van der Waals surface area contributed by atoms with Crippen LogP contribution in [0.4, 0.5) is 5.82 Å². The molecule has 24 heteroatoms. The van der Waals surface area contributed by atoms with Crippen molar-refractivity contribution in [3.05, 3.63) is 18.1 Å². The van der Waals surface area contributed by atoms with Gasteiger partial charge in [0, 0.05) is 25.5 Å². The highest BCUT2D eigenvalue weighted by Gasteiger charge is 2.43. The maximum absolute atomic E-state index is 12.0. The highest BCUT2D eigenvalue weighted by molar-refractivity contribution is 7.66. The monoisotopic (exact) mass is 687 g/mol. The fourth-order valence-corrected chi connectivity index (χ4v) is 6.72. The minimum absolute atomic E-state index is 0.0610. The van der Waals surface area contributed by atoms with Crippen molar-refractivity contribution in [3.8, 4) is 11.8 Å². The number of phosphoric ester groups is 1. The third-order valence-electron chi connectivity index (χ3n) is 5.35. The van der Waals surface area contributed by atoms with Crippen molar-refractivity contribution in [1.82, 2.24) is 20.0 Å². The number of carbonyl (C=O) groups excluding carboxylic acids is 2. The van der Waals surface area contributed by atoms with Gasteiger partial charge in [-0.15, -0.1) is 0 Å². The number of nitrogens with one attached hydrogen (secondary N) is 1. The number of ether oxygens (including phenoxy) is 2. The molecule has 21 nitrogen and oxygen atoms in total. The Balaban J connectivity index is 1.65. The van der Waals surface area contributed by atoms with E-state index < -0.39 is 67.0 Å². The first kappa shape index (κ1) is 35.7. The third-order valence-corrected chi connectivity index (χ3v) is 9.16. The summed E-state index contributed by atoms with van der Waals surface area (Å²) in [5.74, 6) is 4.52. The van der Waals surface area contributed by atoms with E-state index in [1.54, 1.807) is 6.92 Å². The number of amides is 1. The van der Waals surface area contributed by atoms with Gasteiger partial charge in [-0.1, -0.05) is 11.8 Å². The zero-order valence-electron chi connectivity index (χ0n) is 22.6. The van der Waals surface area contributed by atoms with E-state index in [0.29, 0.717) is 10.9 Å². The van der Waals surface area contributed by atoms with Gasteiger partial charge in [0.2, 0.25) is 5.91 Å². The Morgan fingerprint density at radius 1 is 1.18 bits per heavy atom. The number of hydrogen-bond donors (Lipinski definition) is 7. The minimum atomic E-state index is -5.72. The fourth-order valence-electron chi connectivity index (χ4n) is 3.69. The largest absolute Gasteiger partial charge is 0.490 e. The summed E-state index contributed by atoms with van der Waals surface area (Å²) >= 11 is 0. The van der Waals surface area contributed by atoms with Crippen molar-refractivity contribution in [2.24, 2.45) is 0 Å². The number of aliphatic hydroxyl groups excluding tert-OH is 1. The maximum atomic E-state index is 12.0. The predicted molar refractivity (Wildman–Crippen MR) is 143 cm³/mol. The molecule has 244 valence electrons. The number of phosphoric acid groups is 3. The number of nitrogens with two attached hydrogens (primary N) is 1. The molecule has 3 heterocycles. The smallest absolute Gasteiger partial charge is 0.464 e. The maximum Gasteiger partial charge on any atom is 0.490 e. The van der Waals surface area contributed by atoms with Gasteiger partial charge >= 0.3 is 29.4 Å². The van der Waals surface area contributed by atoms with Crippen molar-refractivity contribution in [2.75, 3.05) is 25.6 Å². The molecule has 3 rings (SSSR count). The van der Waals surface area contributed by atoms with Crippen LogP contribution >= 0.6 is 23.5 Å². The number of aliphatic hydroxyl groups is 1. The molecule has 0 spiro atoms. The molecule has 0 aromatic carbocycles. The van der Waals surface area contributed by atoms with Crippen LogP contribution in [-0.4, -0.2) is 83.1 Å². The van der Waals surface area contributed by atoms with Gasteiger partial charge in [0.25, 0.3) is 0 Å². The Morgan fingerprint density at radius 2 is 1.91 bits per heavy atom. The lowest BCUT2D eigenvalue weighted by atomic mass is 10.2. The zero-order valence-corrected chi connectivity index (χ0v) is 25.3. The third kappa shape index (κ3) is 10.7. The first-order valence-corrected chi connectivity index (χ1v) is 16.8. The Hall–Kier alpha value is -2.79. The normalized spacial score (nSPS) is 21.2. The van der Waals surface area contributed by atoms with Gasteiger partial charge in [-0.3, -0.25) is 14.2 Å². The van der Waals surface area contributed by atoms with Gasteiger partial charge in [0.1, 0.15) is 30.1 Å². The van der Waals surface area contributed by atoms with Crippen LogP contribution in [0.1, 0.15) is 38.0 Å². The number of carbonyl (C=O) groups is 2. The molecule has 2 aromatic heterocycles. The predicted octanol–water partition coefficient (Wildman–Crippen LogP) is -0.252. The number of aromatic nitrogens is 3. The Morgan fingerprint density at radius 3 is 2.59 bits per heavy atom. The van der Waals surface area contributed by atoms with Crippen LogP contribution in [0.25, 0.3) is 11.0 Å². The van der Waals surface area contributed by atoms with Crippen molar-refractivity contribution < 1.29 is 75.4 Å². The van der Waals surface area contributed by atoms with Crippen LogP contribution in [0.3, 0.4) is 0 Å². The van der Waals surface area contributed by atoms with Crippen molar-refractivity contribution in [1.29, 1.82) is 0 Å². The van der Waals surface area contributed by atoms with Crippen LogP contribution < -0.4 is 11.2 Å². The van der Waals surface area contributed by atoms with Crippen LogP contribution in [0.5, 0.6) is 0 Å². The second-order valence-corrected chi connectivity index (χ2v) is 13.1. The van der Waals surface area contributed by atoms with E-state index in [2.05, 4.69) is 45.2 Å². The van der Waals surface area contributed by atoms with Gasteiger partial charge < -0.3 is 44.5 Å². The van der Waals surface area contributed by atoms with Gasteiger partial charge in [-0.25, -0.2) is 33.9 Å². The van der Waals surface area contributed by atoms with E-state index in [0.717, 1.165) is 0 Å². The molecule has 0 aliphatic carbocycles. The standard InChI is InChI=1S/C20H28N5O16P3/c1-2-36-17(28)10-37-24-15(27)6-4-3-5-12-8-25(20-18(12)19(21)22-11-23-20)16-7-13(26)14(39-16)9-38-43(32,33)41-44(34,35)40-42(29,30)31/h8,11,13-14,16,26H,2,4,6-7,9-10H2,1H3,(H,24,27)(H,32,33)(H,34,35)(H2,21,22,23)(H2,29,30,31). The van der Waals surface area contributed by atoms with Crippen LogP contribution in [0.15, 0.2) is 12.5 Å². The number of nitrogen functional groups attached to an aromatic ring is 1. The van der Waals surface area contributed by atoms with E-state index in [1.807, 2.05) is 0 Å². The SMILES string of the molecule is CCOC(=O)CONC(=O)CCC#Cc1cn(C2CC(O)C(COP(=O)(O)OP(=O)(O)OP(=O)(O)O)O2)c2ncnc(N)c12. The van der Waals surface area contributed by atoms with Crippen molar-refractivity contribution >= 4 is 52.2 Å². The zero-order chi connectivity index (χ0) is 32.7. The lowest BCUT2D eigenvalue weighted by Crippen LogP contribution is -2.27. The quantitative estimate of drug-likeness (QED) is 0.0582. The number of fused-ring (bicyclic) bond motifs is 1. The van der Waals surface area contributed by atoms with Crippen molar-refractivity contribution in [3.63, 3.8) is 0 Å². The second-order valence-electron chi connectivity index (χ2n) is 8.65. The lowest BCUT2D eigenvalue weighted by Gasteiger charge is -2.19. The molecule has 44 heavy (non-hydrogen) atoms. The summed E-state index contributed by atoms with van der Waals surface area (Å²) in [6.45, 7) is 0.468. The Bertz CT molecular complexity index is 1570. The molecule has 2 aromatic rings. The summed E-state index contributed by atoms with van der Waals surface area (Å²) in [4.78, 5) is 72.2. The molecule has 1 amide bonds. The number of nitrogens with zero attached hydrogens (tertiary/aromatic N) is 3. The first-order chi connectivity index (χ1) is 20.5. The van der Waals surface area contributed by atoms with Crippen LogP contribution in [0, 0.1) is 11.8 Å². The Labute approximate surface area is 248 Å². The fraction of sp³-hybridized carbons (Fsp3) is 0.500. The molecule has 0 bridgehead atoms. The van der Waals surface area contributed by atoms with Crippen LogP contribution in [-0.2, 0) is 50.7 Å².